The first-order valence-corrected chi connectivity index (χ1v) is 8.06. The van der Waals surface area contributed by atoms with Gasteiger partial charge in [-0.1, -0.05) is 30.3 Å². The number of aliphatic imine (C=N–C) groups is 1. The van der Waals surface area contributed by atoms with Gasteiger partial charge >= 0.3 is 0 Å². The number of methoxy groups -OCH3 is 1. The number of hydrogen-bond acceptors (Lipinski definition) is 4. The van der Waals surface area contributed by atoms with Gasteiger partial charge < -0.3 is 21.1 Å². The summed E-state index contributed by atoms with van der Waals surface area (Å²) in [5, 5.41) is 7.42. The molecule has 6 nitrogen and oxygen atoms in total. The minimum absolute atomic E-state index is 0. The molecule has 7 heteroatoms. The standard InChI is InChI=1S/C19H21N5O.HI/c1-25-17-9-5-4-8-16(17)24-19(20)22-13-12-21-18-11-10-14-6-2-3-7-15(14)23-18;/h2-11H,12-13H2,1H3,(H,21,23)(H3,20,22,24);1H. The molecule has 0 fully saturated rings. The van der Waals surface area contributed by atoms with Crippen molar-refractivity contribution in [1.82, 2.24) is 4.98 Å². The number of ether oxygens (including phenoxy) is 1. The van der Waals surface area contributed by atoms with Gasteiger partial charge in [-0.2, -0.15) is 0 Å². The smallest absolute Gasteiger partial charge is 0.193 e. The summed E-state index contributed by atoms with van der Waals surface area (Å²) in [5.41, 5.74) is 7.68. The number of halogens is 1. The van der Waals surface area contributed by atoms with Crippen molar-refractivity contribution in [3.63, 3.8) is 0 Å². The van der Waals surface area contributed by atoms with Crippen molar-refractivity contribution >= 4 is 52.3 Å². The highest BCUT2D eigenvalue weighted by Gasteiger charge is 2.02. The van der Waals surface area contributed by atoms with E-state index < -0.39 is 0 Å². The summed E-state index contributed by atoms with van der Waals surface area (Å²) in [6.45, 7) is 1.17. The van der Waals surface area contributed by atoms with Crippen molar-refractivity contribution in [2.45, 2.75) is 0 Å². The second kappa shape index (κ2) is 9.81. The van der Waals surface area contributed by atoms with E-state index in [9.17, 15) is 0 Å². The van der Waals surface area contributed by atoms with Crippen molar-refractivity contribution in [2.24, 2.45) is 10.7 Å². The van der Waals surface area contributed by atoms with E-state index in [1.54, 1.807) is 7.11 Å². The van der Waals surface area contributed by atoms with Crippen LogP contribution in [0.4, 0.5) is 11.5 Å². The molecule has 0 amide bonds. The SMILES string of the molecule is COc1ccccc1NC(N)=NCCNc1ccc2ccccc2n1.I. The number of nitrogens with one attached hydrogen (secondary N) is 2. The van der Waals surface area contributed by atoms with Gasteiger partial charge in [0.2, 0.25) is 0 Å². The minimum atomic E-state index is 0. The molecule has 0 aliphatic rings. The summed E-state index contributed by atoms with van der Waals surface area (Å²) in [5.74, 6) is 1.89. The lowest BCUT2D eigenvalue weighted by atomic mass is 10.2. The van der Waals surface area contributed by atoms with Gasteiger partial charge in [-0.15, -0.1) is 24.0 Å². The molecule has 136 valence electrons. The van der Waals surface area contributed by atoms with E-state index in [0.29, 0.717) is 19.0 Å². The van der Waals surface area contributed by atoms with E-state index in [1.165, 1.54) is 0 Å². The Morgan fingerprint density at radius 2 is 1.85 bits per heavy atom. The fourth-order valence-electron chi connectivity index (χ4n) is 2.45. The highest BCUT2D eigenvalue weighted by atomic mass is 127. The minimum Gasteiger partial charge on any atom is -0.495 e. The van der Waals surface area contributed by atoms with Crippen LogP contribution in [0.5, 0.6) is 5.75 Å². The fraction of sp³-hybridized carbons (Fsp3) is 0.158. The van der Waals surface area contributed by atoms with Crippen molar-refractivity contribution in [3.8, 4) is 5.75 Å². The normalized spacial score (nSPS) is 10.9. The zero-order valence-corrected chi connectivity index (χ0v) is 16.8. The number of pyridine rings is 1. The molecule has 0 saturated heterocycles. The number of guanidine groups is 1. The average molecular weight is 463 g/mol. The van der Waals surface area contributed by atoms with Crippen molar-refractivity contribution in [3.05, 3.63) is 60.7 Å². The first-order chi connectivity index (χ1) is 12.3. The lowest BCUT2D eigenvalue weighted by Gasteiger charge is -2.10. The van der Waals surface area contributed by atoms with Gasteiger partial charge in [-0.25, -0.2) is 4.98 Å². The van der Waals surface area contributed by atoms with E-state index in [1.807, 2.05) is 60.7 Å². The zero-order valence-electron chi connectivity index (χ0n) is 14.5. The summed E-state index contributed by atoms with van der Waals surface area (Å²) < 4.78 is 5.27. The zero-order chi connectivity index (χ0) is 17.5. The molecule has 26 heavy (non-hydrogen) atoms. The Hall–Kier alpha value is -2.55. The molecule has 3 rings (SSSR count). The molecule has 2 aromatic carbocycles. The summed E-state index contributed by atoms with van der Waals surface area (Å²) in [7, 11) is 1.62. The Kier molecular flexibility index (Phi) is 7.46. The molecular weight excluding hydrogens is 441 g/mol. The largest absolute Gasteiger partial charge is 0.495 e. The molecule has 1 aromatic heterocycles. The average Bonchev–Trinajstić information content (AvgIpc) is 2.65. The van der Waals surface area contributed by atoms with Crippen molar-refractivity contribution in [1.29, 1.82) is 0 Å². The van der Waals surface area contributed by atoms with Crippen LogP contribution in [0.3, 0.4) is 0 Å². The predicted octanol–water partition coefficient (Wildman–Crippen LogP) is 3.70. The predicted molar refractivity (Wildman–Crippen MR) is 119 cm³/mol. The number of nitrogens with zero attached hydrogens (tertiary/aromatic N) is 2. The van der Waals surface area contributed by atoms with Crippen LogP contribution in [0, 0.1) is 0 Å². The van der Waals surface area contributed by atoms with Gasteiger partial charge in [-0.05, 0) is 30.3 Å². The van der Waals surface area contributed by atoms with Gasteiger partial charge in [-0.3, -0.25) is 4.99 Å². The van der Waals surface area contributed by atoms with Crippen molar-refractivity contribution in [2.75, 3.05) is 30.8 Å². The highest BCUT2D eigenvalue weighted by Crippen LogP contribution is 2.22. The lowest BCUT2D eigenvalue weighted by molar-refractivity contribution is 0.417. The molecule has 0 spiro atoms. The highest BCUT2D eigenvalue weighted by molar-refractivity contribution is 14.0. The summed E-state index contributed by atoms with van der Waals surface area (Å²) in [6, 6.07) is 19.6. The van der Waals surface area contributed by atoms with Crippen LogP contribution in [0.2, 0.25) is 0 Å². The third-order valence-corrected chi connectivity index (χ3v) is 3.67. The van der Waals surface area contributed by atoms with Crippen LogP contribution in [0.25, 0.3) is 10.9 Å². The van der Waals surface area contributed by atoms with E-state index in [2.05, 4.69) is 20.6 Å². The van der Waals surface area contributed by atoms with Crippen LogP contribution in [-0.2, 0) is 0 Å². The maximum Gasteiger partial charge on any atom is 0.193 e. The van der Waals surface area contributed by atoms with Crippen LogP contribution in [-0.4, -0.2) is 31.1 Å². The van der Waals surface area contributed by atoms with Gasteiger partial charge in [0, 0.05) is 11.9 Å². The summed E-state index contributed by atoms with van der Waals surface area (Å²) in [4.78, 5) is 8.87. The van der Waals surface area contributed by atoms with Crippen LogP contribution in [0.15, 0.2) is 65.7 Å². The Labute approximate surface area is 169 Å². The molecule has 0 radical (unpaired) electrons. The number of benzene rings is 2. The van der Waals surface area contributed by atoms with Crippen LogP contribution >= 0.6 is 24.0 Å². The second-order valence-electron chi connectivity index (χ2n) is 5.41. The van der Waals surface area contributed by atoms with Gasteiger partial charge in [0.25, 0.3) is 0 Å². The van der Waals surface area contributed by atoms with E-state index in [-0.39, 0.29) is 24.0 Å². The third-order valence-electron chi connectivity index (χ3n) is 3.67. The molecule has 0 aliphatic carbocycles. The maximum atomic E-state index is 5.92. The lowest BCUT2D eigenvalue weighted by Crippen LogP contribution is -2.24. The Balaban J connectivity index is 0.00000243. The third kappa shape index (κ3) is 5.22. The molecule has 0 unspecified atom stereocenters. The first kappa shape index (κ1) is 19.8. The number of nitrogens with two attached hydrogens (primary N) is 1. The molecule has 3 aromatic rings. The van der Waals surface area contributed by atoms with E-state index in [0.717, 1.165) is 28.2 Å². The van der Waals surface area contributed by atoms with Gasteiger partial charge in [0.1, 0.15) is 11.6 Å². The molecule has 0 aliphatic heterocycles. The molecule has 0 bridgehead atoms. The Morgan fingerprint density at radius 3 is 2.69 bits per heavy atom. The summed E-state index contributed by atoms with van der Waals surface area (Å²) in [6.07, 6.45) is 0. The quantitative estimate of drug-likeness (QED) is 0.225. The Morgan fingerprint density at radius 1 is 1.08 bits per heavy atom. The number of para-hydroxylation sites is 3. The topological polar surface area (TPSA) is 84.6 Å². The maximum absolute atomic E-state index is 5.92. The van der Waals surface area contributed by atoms with E-state index in [4.69, 9.17) is 10.5 Å². The number of hydrogen-bond donors (Lipinski definition) is 3. The summed E-state index contributed by atoms with van der Waals surface area (Å²) >= 11 is 0. The second-order valence-corrected chi connectivity index (χ2v) is 5.41. The van der Waals surface area contributed by atoms with Gasteiger partial charge in [0.05, 0.1) is 24.9 Å². The molecule has 1 heterocycles. The fourth-order valence-corrected chi connectivity index (χ4v) is 2.45. The number of anilines is 2. The number of aromatic nitrogens is 1. The number of rotatable bonds is 6. The molecule has 4 N–H and O–H groups in total. The monoisotopic (exact) mass is 463 g/mol. The molecule has 0 saturated carbocycles. The molecule has 0 atom stereocenters. The first-order valence-electron chi connectivity index (χ1n) is 8.06. The van der Waals surface area contributed by atoms with Crippen LogP contribution < -0.4 is 21.1 Å². The Bertz CT molecular complexity index is 884. The van der Waals surface area contributed by atoms with E-state index >= 15 is 0 Å². The van der Waals surface area contributed by atoms with Gasteiger partial charge in [0.15, 0.2) is 5.96 Å². The van der Waals surface area contributed by atoms with Crippen LogP contribution in [0.1, 0.15) is 0 Å². The molecular formula is C19H22IN5O. The number of fused-ring (bicyclic) bond motifs is 1. The van der Waals surface area contributed by atoms with Crippen molar-refractivity contribution < 1.29 is 4.74 Å².